The zero-order valence-corrected chi connectivity index (χ0v) is 18.5. The number of nitrogens with zero attached hydrogens (tertiary/aromatic N) is 4. The Bertz CT molecular complexity index is 1180. The summed E-state index contributed by atoms with van der Waals surface area (Å²) < 4.78 is 56.3. The lowest BCUT2D eigenvalue weighted by atomic mass is 10.2. The number of benzene rings is 2. The Morgan fingerprint density at radius 1 is 1.00 bits per heavy atom. The van der Waals surface area contributed by atoms with Gasteiger partial charge in [-0.15, -0.1) is 0 Å². The maximum absolute atomic E-state index is 13.1. The summed E-state index contributed by atoms with van der Waals surface area (Å²) in [6, 6.07) is 10.4. The van der Waals surface area contributed by atoms with Crippen LogP contribution >= 0.6 is 0 Å². The van der Waals surface area contributed by atoms with E-state index in [2.05, 4.69) is 10.1 Å². The minimum Gasteiger partial charge on any atom is -0.493 e. The molecule has 4 rings (SSSR count). The molecule has 1 aromatic heterocycles. The second-order valence-corrected chi connectivity index (χ2v) is 9.15. The average Bonchev–Trinajstić information content (AvgIpc) is 3.27. The first-order chi connectivity index (χ1) is 15.4. The fourth-order valence-electron chi connectivity index (χ4n) is 3.48. The molecule has 32 heavy (non-hydrogen) atoms. The number of hydrogen-bond acceptors (Lipinski definition) is 8. The number of piperazine rings is 1. The van der Waals surface area contributed by atoms with Gasteiger partial charge in [-0.1, -0.05) is 5.16 Å². The topological polar surface area (TPSA) is 98.0 Å². The Morgan fingerprint density at radius 3 is 2.34 bits per heavy atom. The Balaban J connectivity index is 1.38. The first-order valence-corrected chi connectivity index (χ1v) is 11.4. The first kappa shape index (κ1) is 22.2. The average molecular weight is 463 g/mol. The molecule has 3 aromatic rings. The SMILES string of the molecule is COc1ccc(S(=O)(=O)N2CCN(Cc3nc(-c4ccc(F)cc4)no3)CC2)cc1OC. The molecule has 11 heteroatoms. The molecule has 2 heterocycles. The van der Waals surface area contributed by atoms with Crippen molar-refractivity contribution < 1.29 is 26.8 Å². The van der Waals surface area contributed by atoms with Gasteiger partial charge < -0.3 is 14.0 Å². The van der Waals surface area contributed by atoms with E-state index in [1.807, 2.05) is 4.90 Å². The van der Waals surface area contributed by atoms with Gasteiger partial charge >= 0.3 is 0 Å². The standard InChI is InChI=1S/C21H23FN4O5S/c1-29-18-8-7-17(13-19(18)30-2)32(27,28)26-11-9-25(10-12-26)14-20-23-21(24-31-20)15-3-5-16(22)6-4-15/h3-8,13H,9-12,14H2,1-2H3. The van der Waals surface area contributed by atoms with Gasteiger partial charge in [0.25, 0.3) is 0 Å². The summed E-state index contributed by atoms with van der Waals surface area (Å²) in [6.07, 6.45) is 0. The molecule has 0 N–H and O–H groups in total. The molecule has 0 unspecified atom stereocenters. The van der Waals surface area contributed by atoms with Gasteiger partial charge in [-0.2, -0.15) is 9.29 Å². The molecule has 1 aliphatic rings. The van der Waals surface area contributed by atoms with Crippen molar-refractivity contribution in [3.63, 3.8) is 0 Å². The van der Waals surface area contributed by atoms with Gasteiger partial charge in [-0.25, -0.2) is 12.8 Å². The molecule has 0 bridgehead atoms. The number of hydrogen-bond donors (Lipinski definition) is 0. The predicted molar refractivity (Wildman–Crippen MR) is 113 cm³/mol. The van der Waals surface area contributed by atoms with Crippen molar-refractivity contribution in [3.8, 4) is 22.9 Å². The zero-order valence-electron chi connectivity index (χ0n) is 17.7. The summed E-state index contributed by atoms with van der Waals surface area (Å²) in [5.74, 6) is 1.30. The van der Waals surface area contributed by atoms with Gasteiger partial charge in [0.1, 0.15) is 5.82 Å². The van der Waals surface area contributed by atoms with E-state index in [0.717, 1.165) is 0 Å². The van der Waals surface area contributed by atoms with E-state index in [0.29, 0.717) is 61.5 Å². The van der Waals surface area contributed by atoms with E-state index in [-0.39, 0.29) is 10.7 Å². The van der Waals surface area contributed by atoms with E-state index in [4.69, 9.17) is 14.0 Å². The normalized spacial score (nSPS) is 15.6. The van der Waals surface area contributed by atoms with Crippen molar-refractivity contribution in [2.24, 2.45) is 0 Å². The van der Waals surface area contributed by atoms with E-state index < -0.39 is 10.0 Å². The van der Waals surface area contributed by atoms with Crippen LogP contribution in [0.5, 0.6) is 11.5 Å². The molecular weight excluding hydrogens is 439 g/mol. The minimum atomic E-state index is -3.66. The molecule has 1 saturated heterocycles. The third-order valence-corrected chi connectivity index (χ3v) is 7.15. The van der Waals surface area contributed by atoms with Crippen LogP contribution in [0.2, 0.25) is 0 Å². The highest BCUT2D eigenvalue weighted by Crippen LogP contribution is 2.31. The lowest BCUT2D eigenvalue weighted by molar-refractivity contribution is 0.163. The summed E-state index contributed by atoms with van der Waals surface area (Å²) in [5, 5.41) is 3.94. The summed E-state index contributed by atoms with van der Waals surface area (Å²) in [4.78, 5) is 6.56. The lowest BCUT2D eigenvalue weighted by Gasteiger charge is -2.33. The Hall–Kier alpha value is -3.02. The maximum atomic E-state index is 13.1. The zero-order chi connectivity index (χ0) is 22.7. The predicted octanol–water partition coefficient (Wildman–Crippen LogP) is 2.40. The molecule has 0 spiro atoms. The Morgan fingerprint density at radius 2 is 1.69 bits per heavy atom. The summed E-state index contributed by atoms with van der Waals surface area (Å²) in [5.41, 5.74) is 0.659. The lowest BCUT2D eigenvalue weighted by Crippen LogP contribution is -2.48. The van der Waals surface area contributed by atoms with Crippen molar-refractivity contribution in [2.75, 3.05) is 40.4 Å². The molecule has 0 saturated carbocycles. The van der Waals surface area contributed by atoms with E-state index >= 15 is 0 Å². The van der Waals surface area contributed by atoms with Crippen molar-refractivity contribution in [2.45, 2.75) is 11.4 Å². The molecule has 1 aliphatic heterocycles. The van der Waals surface area contributed by atoms with Gasteiger partial charge in [0.05, 0.1) is 25.7 Å². The largest absolute Gasteiger partial charge is 0.493 e. The van der Waals surface area contributed by atoms with Gasteiger partial charge in [0.15, 0.2) is 11.5 Å². The van der Waals surface area contributed by atoms with Crippen molar-refractivity contribution >= 4 is 10.0 Å². The molecule has 1 fully saturated rings. The quantitative estimate of drug-likeness (QED) is 0.528. The van der Waals surface area contributed by atoms with Gasteiger partial charge in [0, 0.05) is 37.8 Å². The highest BCUT2D eigenvalue weighted by Gasteiger charge is 2.30. The molecule has 9 nitrogen and oxygen atoms in total. The molecule has 170 valence electrons. The molecule has 0 radical (unpaired) electrons. The van der Waals surface area contributed by atoms with Crippen LogP contribution in [-0.2, 0) is 16.6 Å². The number of sulfonamides is 1. The highest BCUT2D eigenvalue weighted by molar-refractivity contribution is 7.89. The van der Waals surface area contributed by atoms with Gasteiger partial charge in [0.2, 0.25) is 21.7 Å². The molecule has 2 aromatic carbocycles. The number of aromatic nitrogens is 2. The number of ether oxygens (including phenoxy) is 2. The fraction of sp³-hybridized carbons (Fsp3) is 0.333. The van der Waals surface area contributed by atoms with Crippen molar-refractivity contribution in [3.05, 3.63) is 54.2 Å². The van der Waals surface area contributed by atoms with Crippen LogP contribution in [0, 0.1) is 5.82 Å². The van der Waals surface area contributed by atoms with Crippen LogP contribution in [0.4, 0.5) is 4.39 Å². The Labute approximate surface area is 185 Å². The number of halogens is 1. The fourth-order valence-corrected chi connectivity index (χ4v) is 4.92. The third-order valence-electron chi connectivity index (χ3n) is 5.25. The Kier molecular flexibility index (Phi) is 6.40. The van der Waals surface area contributed by atoms with Crippen LogP contribution in [0.3, 0.4) is 0 Å². The smallest absolute Gasteiger partial charge is 0.243 e. The van der Waals surface area contributed by atoms with Crippen molar-refractivity contribution in [1.82, 2.24) is 19.3 Å². The minimum absolute atomic E-state index is 0.157. The van der Waals surface area contributed by atoms with Crippen LogP contribution < -0.4 is 9.47 Å². The second kappa shape index (κ2) is 9.23. The van der Waals surface area contributed by atoms with Crippen LogP contribution in [-0.4, -0.2) is 68.2 Å². The number of rotatable bonds is 7. The molecule has 0 amide bonds. The van der Waals surface area contributed by atoms with E-state index in [9.17, 15) is 12.8 Å². The molecule has 0 atom stereocenters. The van der Waals surface area contributed by atoms with Crippen LogP contribution in [0.25, 0.3) is 11.4 Å². The molecular formula is C21H23FN4O5S. The summed E-state index contributed by atoms with van der Waals surface area (Å²) in [6.45, 7) is 2.09. The summed E-state index contributed by atoms with van der Waals surface area (Å²) >= 11 is 0. The van der Waals surface area contributed by atoms with Gasteiger partial charge in [-0.3, -0.25) is 4.90 Å². The van der Waals surface area contributed by atoms with Crippen LogP contribution in [0.15, 0.2) is 51.9 Å². The van der Waals surface area contributed by atoms with E-state index in [1.165, 1.54) is 42.8 Å². The third kappa shape index (κ3) is 4.59. The molecule has 0 aliphatic carbocycles. The van der Waals surface area contributed by atoms with E-state index in [1.54, 1.807) is 18.2 Å². The van der Waals surface area contributed by atoms with Gasteiger partial charge in [-0.05, 0) is 36.4 Å². The monoisotopic (exact) mass is 462 g/mol. The first-order valence-electron chi connectivity index (χ1n) is 9.94. The summed E-state index contributed by atoms with van der Waals surface area (Å²) in [7, 11) is -0.701. The maximum Gasteiger partial charge on any atom is 0.243 e. The number of methoxy groups -OCH3 is 2. The van der Waals surface area contributed by atoms with Crippen LogP contribution in [0.1, 0.15) is 5.89 Å². The second-order valence-electron chi connectivity index (χ2n) is 7.22. The van der Waals surface area contributed by atoms with Crippen molar-refractivity contribution in [1.29, 1.82) is 0 Å². The highest BCUT2D eigenvalue weighted by atomic mass is 32.2.